The van der Waals surface area contributed by atoms with Crippen LogP contribution in [0.15, 0.2) is 18.2 Å². The van der Waals surface area contributed by atoms with Gasteiger partial charge in [-0.05, 0) is 29.7 Å². The van der Waals surface area contributed by atoms with Crippen molar-refractivity contribution < 1.29 is 4.39 Å². The minimum absolute atomic E-state index is 0.284. The van der Waals surface area contributed by atoms with Crippen LogP contribution in [0.25, 0.3) is 0 Å². The molecular weight excluding hydrogens is 191 g/mol. The molecule has 3 rings (SSSR count). The van der Waals surface area contributed by atoms with E-state index in [4.69, 9.17) is 5.26 Å². The molecule has 0 spiro atoms. The molecule has 15 heavy (non-hydrogen) atoms. The van der Waals surface area contributed by atoms with Gasteiger partial charge in [-0.15, -0.1) is 0 Å². The molecule has 1 saturated heterocycles. The van der Waals surface area contributed by atoms with E-state index >= 15 is 0 Å². The largest absolute Gasteiger partial charge is 0.313 e. The van der Waals surface area contributed by atoms with Crippen LogP contribution < -0.4 is 5.32 Å². The Morgan fingerprint density at radius 2 is 2.40 bits per heavy atom. The Morgan fingerprint density at radius 1 is 1.53 bits per heavy atom. The summed E-state index contributed by atoms with van der Waals surface area (Å²) in [5.41, 5.74) is 1.13. The van der Waals surface area contributed by atoms with Gasteiger partial charge in [-0.2, -0.15) is 5.26 Å². The molecule has 1 N–H and O–H groups in total. The maximum Gasteiger partial charge on any atom is 0.149 e. The highest BCUT2D eigenvalue weighted by Gasteiger charge is 2.46. The smallest absolute Gasteiger partial charge is 0.149 e. The Morgan fingerprint density at radius 3 is 3.20 bits per heavy atom. The number of fused-ring (bicyclic) bond motifs is 5. The number of benzene rings is 1. The second-order valence-electron chi connectivity index (χ2n) is 4.41. The predicted octanol–water partition coefficient (Wildman–Crippen LogP) is 1.81. The summed E-state index contributed by atoms with van der Waals surface area (Å²) in [6.45, 7) is 1.23. The third-order valence-electron chi connectivity index (χ3n) is 3.47. The molecule has 2 nitrogen and oxygen atoms in total. The molecule has 2 bridgehead atoms. The summed E-state index contributed by atoms with van der Waals surface area (Å²) >= 11 is 0. The molecule has 1 heterocycles. The Labute approximate surface area is 87.7 Å². The summed E-state index contributed by atoms with van der Waals surface area (Å²) in [6.07, 6.45) is 0.574. The van der Waals surface area contributed by atoms with Gasteiger partial charge in [0.15, 0.2) is 0 Å². The standard InChI is InChI=1S/C12H11FN2/c13-12-4-9(6-15-7-12)10-2-1-8(5-14)3-11(10)12/h1-3,9,15H,4,6-7H2. The van der Waals surface area contributed by atoms with Gasteiger partial charge in [0.05, 0.1) is 11.6 Å². The normalized spacial score (nSPS) is 32.1. The van der Waals surface area contributed by atoms with E-state index in [9.17, 15) is 4.39 Å². The fourth-order valence-corrected chi connectivity index (χ4v) is 2.77. The van der Waals surface area contributed by atoms with Gasteiger partial charge in [0.2, 0.25) is 0 Å². The average molecular weight is 202 g/mol. The van der Waals surface area contributed by atoms with Crippen molar-refractivity contribution >= 4 is 0 Å². The number of nitrogens with one attached hydrogen (secondary N) is 1. The monoisotopic (exact) mass is 202 g/mol. The first-order valence-electron chi connectivity index (χ1n) is 5.17. The first-order valence-corrected chi connectivity index (χ1v) is 5.17. The van der Waals surface area contributed by atoms with Crippen LogP contribution in [-0.2, 0) is 5.67 Å². The van der Waals surface area contributed by atoms with Crippen LogP contribution in [0.3, 0.4) is 0 Å². The molecule has 0 aromatic heterocycles. The number of hydrogen-bond donors (Lipinski definition) is 1. The molecular formula is C12H11FN2. The van der Waals surface area contributed by atoms with Crippen LogP contribution in [0.4, 0.5) is 4.39 Å². The topological polar surface area (TPSA) is 35.8 Å². The Balaban J connectivity index is 2.20. The number of piperidine rings is 1. The van der Waals surface area contributed by atoms with Crippen LogP contribution in [-0.4, -0.2) is 13.1 Å². The summed E-state index contributed by atoms with van der Waals surface area (Å²) in [6, 6.07) is 7.47. The highest BCUT2D eigenvalue weighted by Crippen LogP contribution is 2.48. The first-order chi connectivity index (χ1) is 7.23. The lowest BCUT2D eigenvalue weighted by atomic mass is 9.94. The van der Waals surface area contributed by atoms with Crippen molar-refractivity contribution in [2.75, 3.05) is 13.1 Å². The quantitative estimate of drug-likeness (QED) is 0.696. The van der Waals surface area contributed by atoms with Gasteiger partial charge in [-0.3, -0.25) is 0 Å². The molecule has 1 aliphatic carbocycles. The molecule has 0 saturated carbocycles. The molecule has 2 aliphatic rings. The van der Waals surface area contributed by atoms with Gasteiger partial charge >= 0.3 is 0 Å². The molecule has 0 radical (unpaired) electrons. The van der Waals surface area contributed by atoms with E-state index in [0.29, 0.717) is 18.5 Å². The lowest BCUT2D eigenvalue weighted by Crippen LogP contribution is -2.38. The van der Waals surface area contributed by atoms with Gasteiger partial charge in [0, 0.05) is 19.0 Å². The van der Waals surface area contributed by atoms with Gasteiger partial charge in [0.1, 0.15) is 5.67 Å². The molecule has 1 aliphatic heterocycles. The first kappa shape index (κ1) is 8.87. The van der Waals surface area contributed by atoms with E-state index in [-0.39, 0.29) is 5.92 Å². The second-order valence-corrected chi connectivity index (χ2v) is 4.41. The molecule has 1 aromatic rings. The predicted molar refractivity (Wildman–Crippen MR) is 54.2 cm³/mol. The summed E-state index contributed by atoms with van der Waals surface area (Å²) in [4.78, 5) is 0. The number of halogens is 1. The van der Waals surface area contributed by atoms with Gasteiger partial charge in [-0.25, -0.2) is 4.39 Å². The van der Waals surface area contributed by atoms with Crippen molar-refractivity contribution in [3.8, 4) is 6.07 Å². The van der Waals surface area contributed by atoms with E-state index in [1.54, 1.807) is 12.1 Å². The summed E-state index contributed by atoms with van der Waals surface area (Å²) in [5.74, 6) is 0.284. The molecule has 2 unspecified atom stereocenters. The van der Waals surface area contributed by atoms with Crippen molar-refractivity contribution in [1.29, 1.82) is 5.26 Å². The van der Waals surface area contributed by atoms with E-state index in [2.05, 4.69) is 11.4 Å². The molecule has 1 aromatic carbocycles. The number of alkyl halides is 1. The number of nitriles is 1. The van der Waals surface area contributed by atoms with Crippen molar-refractivity contribution in [2.24, 2.45) is 0 Å². The van der Waals surface area contributed by atoms with Crippen LogP contribution in [0.1, 0.15) is 29.0 Å². The zero-order chi connectivity index (χ0) is 10.5. The van der Waals surface area contributed by atoms with Gasteiger partial charge in [-0.1, -0.05) is 6.07 Å². The second kappa shape index (κ2) is 2.80. The van der Waals surface area contributed by atoms with Crippen LogP contribution in [0, 0.1) is 11.3 Å². The third kappa shape index (κ3) is 1.12. The third-order valence-corrected chi connectivity index (χ3v) is 3.47. The van der Waals surface area contributed by atoms with Crippen molar-refractivity contribution in [2.45, 2.75) is 18.0 Å². The zero-order valence-electron chi connectivity index (χ0n) is 8.26. The minimum Gasteiger partial charge on any atom is -0.313 e. The number of rotatable bonds is 0. The van der Waals surface area contributed by atoms with Crippen molar-refractivity contribution in [3.05, 3.63) is 34.9 Å². The van der Waals surface area contributed by atoms with E-state index in [0.717, 1.165) is 17.7 Å². The Hall–Kier alpha value is -1.40. The number of nitrogens with zero attached hydrogens (tertiary/aromatic N) is 1. The minimum atomic E-state index is -1.24. The molecule has 0 amide bonds. The summed E-state index contributed by atoms with van der Waals surface area (Å²) < 4.78 is 14.5. The maximum absolute atomic E-state index is 14.5. The van der Waals surface area contributed by atoms with Crippen molar-refractivity contribution in [3.63, 3.8) is 0 Å². The van der Waals surface area contributed by atoms with Crippen LogP contribution in [0.2, 0.25) is 0 Å². The van der Waals surface area contributed by atoms with Crippen molar-refractivity contribution in [1.82, 2.24) is 5.32 Å². The Bertz CT molecular complexity index is 463. The van der Waals surface area contributed by atoms with Crippen LogP contribution in [0.5, 0.6) is 0 Å². The molecule has 2 atom stereocenters. The highest BCUT2D eigenvalue weighted by atomic mass is 19.1. The SMILES string of the molecule is N#Cc1ccc2c(c1)C1(F)CNCC2C1. The van der Waals surface area contributed by atoms with Crippen LogP contribution >= 0.6 is 0 Å². The molecule has 76 valence electrons. The molecule has 1 fully saturated rings. The average Bonchev–Trinajstić information content (AvgIpc) is 2.46. The highest BCUT2D eigenvalue weighted by molar-refractivity contribution is 5.47. The van der Waals surface area contributed by atoms with E-state index in [1.165, 1.54) is 0 Å². The lowest BCUT2D eigenvalue weighted by Gasteiger charge is -2.26. The van der Waals surface area contributed by atoms with E-state index < -0.39 is 5.67 Å². The van der Waals surface area contributed by atoms with E-state index in [1.807, 2.05) is 6.07 Å². The fourth-order valence-electron chi connectivity index (χ4n) is 2.77. The maximum atomic E-state index is 14.5. The molecule has 3 heteroatoms. The Kier molecular flexibility index (Phi) is 1.66. The van der Waals surface area contributed by atoms with Gasteiger partial charge < -0.3 is 5.32 Å². The lowest BCUT2D eigenvalue weighted by molar-refractivity contribution is 0.132. The summed E-state index contributed by atoms with van der Waals surface area (Å²) in [7, 11) is 0. The number of hydrogen-bond acceptors (Lipinski definition) is 2. The zero-order valence-corrected chi connectivity index (χ0v) is 8.26. The summed E-state index contributed by atoms with van der Waals surface area (Å²) in [5, 5.41) is 11.9. The fraction of sp³-hybridized carbons (Fsp3) is 0.417. The van der Waals surface area contributed by atoms with Gasteiger partial charge in [0.25, 0.3) is 0 Å².